The quantitative estimate of drug-likeness (QED) is 0.352. The minimum Gasteiger partial charge on any atom is -0.358 e. The number of nitrogens with zero attached hydrogens (tertiary/aromatic N) is 1. The molecule has 0 saturated heterocycles. The van der Waals surface area contributed by atoms with E-state index in [9.17, 15) is 16.8 Å². The highest BCUT2D eigenvalue weighted by molar-refractivity contribution is 7.90. The summed E-state index contributed by atoms with van der Waals surface area (Å²) in [6.45, 7) is -1.15. The number of sulfone groups is 1. The molecule has 0 saturated carbocycles. The van der Waals surface area contributed by atoms with Crippen molar-refractivity contribution >= 4 is 20.0 Å². The van der Waals surface area contributed by atoms with Crippen LogP contribution in [0.2, 0.25) is 0 Å². The fraction of sp³-hybridized carbons (Fsp3) is 0.125. The molecule has 0 aliphatic heterocycles. The van der Waals surface area contributed by atoms with Gasteiger partial charge in [-0.1, -0.05) is 65.3 Å². The molecule has 3 aromatic carbocycles. The largest absolute Gasteiger partial charge is 0.358 e. The number of hydrogen-bond acceptors (Lipinski definition) is 7. The first-order chi connectivity index (χ1) is 16.4. The van der Waals surface area contributed by atoms with E-state index in [0.29, 0.717) is 11.1 Å². The van der Waals surface area contributed by atoms with Gasteiger partial charge in [0, 0.05) is 11.8 Å². The Labute approximate surface area is 195 Å². The van der Waals surface area contributed by atoms with Crippen LogP contribution < -0.4 is 0 Å². The fourth-order valence-electron chi connectivity index (χ4n) is 3.14. The van der Waals surface area contributed by atoms with Crippen molar-refractivity contribution in [2.75, 3.05) is 6.26 Å². The zero-order valence-corrected chi connectivity index (χ0v) is 19.4. The Morgan fingerprint density at radius 3 is 2.06 bits per heavy atom. The van der Waals surface area contributed by atoms with Gasteiger partial charge < -0.3 is 4.52 Å². The van der Waals surface area contributed by atoms with E-state index in [0.717, 1.165) is 11.8 Å². The van der Waals surface area contributed by atoms with Crippen molar-refractivity contribution in [3.05, 3.63) is 90.2 Å². The number of benzene rings is 3. The van der Waals surface area contributed by atoms with E-state index < -0.39 is 32.3 Å². The highest BCUT2D eigenvalue weighted by atomic mass is 32.2. The molecule has 0 radical (unpaired) electrons. The minimum atomic E-state index is -4.51. The van der Waals surface area contributed by atoms with Crippen molar-refractivity contribution in [2.24, 2.45) is 0 Å². The van der Waals surface area contributed by atoms with Crippen LogP contribution in [0, 0.1) is 6.92 Å². The summed E-state index contributed by atoms with van der Waals surface area (Å²) in [6.07, 6.45) is 1.07. The Morgan fingerprint density at radius 2 is 1.45 bits per heavy atom. The van der Waals surface area contributed by atoms with Gasteiger partial charge in [0.1, 0.15) is 12.3 Å². The van der Waals surface area contributed by atoms with Crippen LogP contribution in [-0.2, 0) is 30.7 Å². The maximum atomic E-state index is 12.8. The molecule has 0 unspecified atom stereocenters. The van der Waals surface area contributed by atoms with Gasteiger partial charge in [-0.25, -0.2) is 8.42 Å². The molecule has 0 spiro atoms. The van der Waals surface area contributed by atoms with Gasteiger partial charge in [-0.05, 0) is 36.8 Å². The maximum Gasteiger partial charge on any atom is 0.297 e. The van der Waals surface area contributed by atoms with E-state index in [4.69, 9.17) is 11.4 Å². The molecule has 1 aromatic heterocycles. The molecular weight excluding hydrogens is 462 g/mol. The van der Waals surface area contributed by atoms with Gasteiger partial charge in [-0.15, -0.1) is 0 Å². The van der Waals surface area contributed by atoms with Crippen LogP contribution in [-0.4, -0.2) is 28.2 Å². The van der Waals surface area contributed by atoms with Crippen molar-refractivity contribution in [3.8, 4) is 22.4 Å². The van der Waals surface area contributed by atoms with Gasteiger partial charge in [-0.3, -0.25) is 4.18 Å². The lowest BCUT2D eigenvalue weighted by Crippen LogP contribution is -2.06. The van der Waals surface area contributed by atoms with Crippen molar-refractivity contribution in [2.45, 2.75) is 23.3 Å². The van der Waals surface area contributed by atoms with Gasteiger partial charge >= 0.3 is 0 Å². The minimum absolute atomic E-state index is 0.0710. The van der Waals surface area contributed by atoms with Gasteiger partial charge in [0.15, 0.2) is 15.6 Å². The maximum absolute atomic E-state index is 12.8. The number of aromatic nitrogens is 1. The van der Waals surface area contributed by atoms with E-state index in [1.807, 2.05) is 0 Å². The summed E-state index contributed by atoms with van der Waals surface area (Å²) in [5.41, 5.74) is 2.16. The summed E-state index contributed by atoms with van der Waals surface area (Å²) in [4.78, 5) is -0.143. The van der Waals surface area contributed by atoms with E-state index in [-0.39, 0.29) is 21.0 Å². The first kappa shape index (κ1) is 20.3. The molecule has 1 heterocycles. The first-order valence-corrected chi connectivity index (χ1v) is 13.1. The molecule has 33 heavy (non-hydrogen) atoms. The van der Waals surface area contributed by atoms with Crippen LogP contribution in [0.3, 0.4) is 0 Å². The normalized spacial score (nSPS) is 13.4. The van der Waals surface area contributed by atoms with Crippen molar-refractivity contribution in [3.63, 3.8) is 0 Å². The Hall–Kier alpha value is -3.27. The van der Waals surface area contributed by atoms with Gasteiger partial charge in [-0.2, -0.15) is 8.42 Å². The highest BCUT2D eigenvalue weighted by Crippen LogP contribution is 2.36. The third-order valence-corrected chi connectivity index (χ3v) is 7.14. The zero-order valence-electron chi connectivity index (χ0n) is 19.7. The van der Waals surface area contributed by atoms with Crippen LogP contribution in [0.15, 0.2) is 93.2 Å². The molecule has 0 bridgehead atoms. The summed E-state index contributed by atoms with van der Waals surface area (Å²) < 4.78 is 76.7. The molecular formula is C24H21NO6S2. The van der Waals surface area contributed by atoms with E-state index in [2.05, 4.69) is 5.16 Å². The van der Waals surface area contributed by atoms with Crippen LogP contribution in [0.1, 0.15) is 14.1 Å². The van der Waals surface area contributed by atoms with Gasteiger partial charge in [0.2, 0.25) is 0 Å². The Bertz CT molecular complexity index is 1560. The number of hydrogen-bond donors (Lipinski definition) is 0. The van der Waals surface area contributed by atoms with Crippen LogP contribution in [0.25, 0.3) is 22.4 Å². The lowest BCUT2D eigenvalue weighted by atomic mass is 9.99. The second kappa shape index (κ2) is 8.93. The topological polar surface area (TPSA) is 104 Å². The summed E-state index contributed by atoms with van der Waals surface area (Å²) in [7, 11) is -7.97. The Kier molecular flexibility index (Phi) is 5.51. The standard InChI is InChI=1S/C24H21NO6S2/c1-17-8-12-21(13-9-17)33(28,29)30-16-22-23(18-10-14-20(15-11-18)32(2,26)27)24(25-31-22)19-6-4-3-5-7-19/h3-15H,16H2,1-2H3/i16D2. The summed E-state index contributed by atoms with van der Waals surface area (Å²) >= 11 is 0. The summed E-state index contributed by atoms with van der Waals surface area (Å²) in [6, 6.07) is 20.2. The van der Waals surface area contributed by atoms with Crippen molar-refractivity contribution in [1.29, 1.82) is 0 Å². The molecule has 9 heteroatoms. The smallest absolute Gasteiger partial charge is 0.297 e. The van der Waals surface area contributed by atoms with Crippen LogP contribution in [0.5, 0.6) is 0 Å². The molecule has 170 valence electrons. The third-order valence-electron chi connectivity index (χ3n) is 4.86. The highest BCUT2D eigenvalue weighted by Gasteiger charge is 2.23. The third kappa shape index (κ3) is 5.05. The van der Waals surface area contributed by atoms with Crippen molar-refractivity contribution < 1.29 is 28.3 Å². The second-order valence-corrected chi connectivity index (χ2v) is 10.9. The number of aryl methyl sites for hydroxylation is 1. The van der Waals surface area contributed by atoms with E-state index in [1.54, 1.807) is 49.4 Å². The second-order valence-electron chi connectivity index (χ2n) is 7.35. The molecule has 0 atom stereocenters. The molecule has 0 aliphatic rings. The van der Waals surface area contributed by atoms with E-state index in [1.165, 1.54) is 36.4 Å². The van der Waals surface area contributed by atoms with Gasteiger partial charge in [0.05, 0.1) is 18.1 Å². The predicted molar refractivity (Wildman–Crippen MR) is 124 cm³/mol. The molecule has 4 rings (SSSR count). The van der Waals surface area contributed by atoms with Crippen LogP contribution in [0.4, 0.5) is 0 Å². The lowest BCUT2D eigenvalue weighted by Gasteiger charge is -2.08. The summed E-state index contributed by atoms with van der Waals surface area (Å²) in [5, 5.41) is 4.01. The average molecular weight is 486 g/mol. The Morgan fingerprint density at radius 1 is 0.848 bits per heavy atom. The number of rotatable bonds is 7. The average Bonchev–Trinajstić information content (AvgIpc) is 3.25. The molecule has 0 amide bonds. The van der Waals surface area contributed by atoms with Crippen molar-refractivity contribution in [1.82, 2.24) is 5.16 Å². The Balaban J connectivity index is 1.84. The molecule has 0 N–H and O–H groups in total. The van der Waals surface area contributed by atoms with E-state index >= 15 is 0 Å². The van der Waals surface area contributed by atoms with Gasteiger partial charge in [0.25, 0.3) is 10.1 Å². The monoisotopic (exact) mass is 485 g/mol. The molecule has 7 nitrogen and oxygen atoms in total. The molecule has 0 aliphatic carbocycles. The lowest BCUT2D eigenvalue weighted by molar-refractivity contribution is 0.254. The molecule has 4 aromatic rings. The first-order valence-electron chi connectivity index (χ1n) is 10.8. The fourth-order valence-corrected chi connectivity index (χ4v) is 4.52. The van der Waals surface area contributed by atoms with Crippen LogP contribution >= 0.6 is 0 Å². The summed E-state index contributed by atoms with van der Waals surface area (Å²) in [5.74, 6) is -0.473. The zero-order chi connectivity index (χ0) is 25.4. The SMILES string of the molecule is [2H]C([2H])(OS(=O)(=O)c1ccc(C)cc1)c1onc(-c2ccccc2)c1-c1ccc(S(C)(=O)=O)cc1. The molecule has 0 fully saturated rings. The predicted octanol–water partition coefficient (Wildman–Crippen LogP) is 4.63.